The number of furan rings is 1. The molecule has 112 valence electrons. The highest BCUT2D eigenvalue weighted by atomic mass is 16.3. The summed E-state index contributed by atoms with van der Waals surface area (Å²) in [4.78, 5) is 21.1. The van der Waals surface area contributed by atoms with Crippen molar-refractivity contribution in [2.75, 3.05) is 6.54 Å². The predicted octanol–water partition coefficient (Wildman–Crippen LogP) is 2.81. The molecule has 0 fully saturated rings. The van der Waals surface area contributed by atoms with Crippen molar-refractivity contribution in [3.63, 3.8) is 0 Å². The molecule has 0 atom stereocenters. The second-order valence-corrected chi connectivity index (χ2v) is 5.18. The standard InChI is InChI=1S/C17H17N3O2/c1-11-12(2)20-16-10-13(5-6-15(16)19-11)17(21)18-8-7-14-4-3-9-22-14/h3-6,9-10H,7-8H2,1-2H3,(H,18,21). The molecule has 0 radical (unpaired) electrons. The molecule has 2 aromatic heterocycles. The molecule has 0 aliphatic heterocycles. The van der Waals surface area contributed by atoms with Crippen molar-refractivity contribution in [1.29, 1.82) is 0 Å². The molecule has 0 saturated carbocycles. The van der Waals surface area contributed by atoms with E-state index in [4.69, 9.17) is 4.42 Å². The Morgan fingerprint density at radius 1 is 1.14 bits per heavy atom. The van der Waals surface area contributed by atoms with Crippen LogP contribution in [0.5, 0.6) is 0 Å². The summed E-state index contributed by atoms with van der Waals surface area (Å²) in [7, 11) is 0. The summed E-state index contributed by atoms with van der Waals surface area (Å²) < 4.78 is 5.23. The lowest BCUT2D eigenvalue weighted by molar-refractivity contribution is 0.0954. The number of carbonyl (C=O) groups is 1. The summed E-state index contributed by atoms with van der Waals surface area (Å²) in [6.45, 7) is 4.37. The Morgan fingerprint density at radius 3 is 2.64 bits per heavy atom. The number of rotatable bonds is 4. The van der Waals surface area contributed by atoms with Crippen LogP contribution in [0, 0.1) is 13.8 Å². The van der Waals surface area contributed by atoms with Crippen molar-refractivity contribution >= 4 is 16.9 Å². The molecule has 5 nitrogen and oxygen atoms in total. The predicted molar refractivity (Wildman–Crippen MR) is 83.8 cm³/mol. The van der Waals surface area contributed by atoms with Gasteiger partial charge in [0.25, 0.3) is 5.91 Å². The van der Waals surface area contributed by atoms with Gasteiger partial charge in [0.2, 0.25) is 0 Å². The summed E-state index contributed by atoms with van der Waals surface area (Å²) in [6, 6.07) is 9.10. The molecule has 3 aromatic rings. The van der Waals surface area contributed by atoms with E-state index >= 15 is 0 Å². The van der Waals surface area contributed by atoms with Crippen molar-refractivity contribution in [2.24, 2.45) is 0 Å². The minimum absolute atomic E-state index is 0.117. The Kier molecular flexibility index (Phi) is 3.87. The maximum absolute atomic E-state index is 12.2. The van der Waals surface area contributed by atoms with Crippen LogP contribution in [0.15, 0.2) is 41.0 Å². The van der Waals surface area contributed by atoms with Crippen molar-refractivity contribution < 1.29 is 9.21 Å². The van der Waals surface area contributed by atoms with Gasteiger partial charge in [0.05, 0.1) is 28.7 Å². The first kappa shape index (κ1) is 14.3. The van der Waals surface area contributed by atoms with Crippen LogP contribution >= 0.6 is 0 Å². The van der Waals surface area contributed by atoms with Crippen LogP contribution in [0.2, 0.25) is 0 Å². The number of hydrogen-bond acceptors (Lipinski definition) is 4. The molecular weight excluding hydrogens is 278 g/mol. The quantitative estimate of drug-likeness (QED) is 0.803. The molecule has 1 N–H and O–H groups in total. The minimum atomic E-state index is -0.117. The summed E-state index contributed by atoms with van der Waals surface area (Å²) in [5.74, 6) is 0.740. The minimum Gasteiger partial charge on any atom is -0.469 e. The Labute approximate surface area is 128 Å². The third kappa shape index (κ3) is 2.98. The van der Waals surface area contributed by atoms with Gasteiger partial charge in [-0.2, -0.15) is 0 Å². The number of carbonyl (C=O) groups excluding carboxylic acids is 1. The lowest BCUT2D eigenvalue weighted by Crippen LogP contribution is -2.25. The zero-order valence-electron chi connectivity index (χ0n) is 12.6. The zero-order chi connectivity index (χ0) is 15.5. The second-order valence-electron chi connectivity index (χ2n) is 5.18. The first-order chi connectivity index (χ1) is 10.6. The average molecular weight is 295 g/mol. The highest BCUT2D eigenvalue weighted by Crippen LogP contribution is 2.14. The van der Waals surface area contributed by atoms with E-state index in [-0.39, 0.29) is 5.91 Å². The van der Waals surface area contributed by atoms with E-state index in [1.165, 1.54) is 0 Å². The molecule has 22 heavy (non-hydrogen) atoms. The topological polar surface area (TPSA) is 68.0 Å². The van der Waals surface area contributed by atoms with Crippen molar-refractivity contribution in [1.82, 2.24) is 15.3 Å². The molecule has 3 rings (SSSR count). The van der Waals surface area contributed by atoms with E-state index in [1.807, 2.05) is 32.0 Å². The first-order valence-electron chi connectivity index (χ1n) is 7.19. The van der Waals surface area contributed by atoms with Crippen LogP contribution in [0.4, 0.5) is 0 Å². The molecule has 0 saturated heterocycles. The normalized spacial score (nSPS) is 10.8. The third-order valence-electron chi connectivity index (χ3n) is 3.57. The fourth-order valence-electron chi connectivity index (χ4n) is 2.23. The highest BCUT2D eigenvalue weighted by molar-refractivity contribution is 5.97. The molecule has 1 aromatic carbocycles. The number of aryl methyl sites for hydroxylation is 2. The summed E-state index contributed by atoms with van der Waals surface area (Å²) in [5, 5.41) is 2.88. The number of benzene rings is 1. The Balaban J connectivity index is 1.72. The van der Waals surface area contributed by atoms with Crippen LogP contribution in [0.3, 0.4) is 0 Å². The second kappa shape index (κ2) is 5.97. The molecule has 0 aliphatic rings. The van der Waals surface area contributed by atoms with Gasteiger partial charge in [-0.1, -0.05) is 0 Å². The molecule has 0 unspecified atom stereocenters. The van der Waals surface area contributed by atoms with Gasteiger partial charge in [0.15, 0.2) is 0 Å². The molecule has 1 amide bonds. The number of nitrogens with one attached hydrogen (secondary N) is 1. The molecule has 0 bridgehead atoms. The average Bonchev–Trinajstić information content (AvgIpc) is 3.01. The van der Waals surface area contributed by atoms with Gasteiger partial charge in [0.1, 0.15) is 5.76 Å². The number of nitrogens with zero attached hydrogens (tertiary/aromatic N) is 2. The van der Waals surface area contributed by atoms with E-state index in [2.05, 4.69) is 15.3 Å². The lowest BCUT2D eigenvalue weighted by Gasteiger charge is -2.06. The molecule has 5 heteroatoms. The van der Waals surface area contributed by atoms with Crippen molar-refractivity contribution in [3.8, 4) is 0 Å². The van der Waals surface area contributed by atoms with E-state index in [0.717, 1.165) is 28.2 Å². The van der Waals surface area contributed by atoms with Gasteiger partial charge in [-0.15, -0.1) is 0 Å². The van der Waals surface area contributed by atoms with Crippen LogP contribution in [-0.2, 0) is 6.42 Å². The number of fused-ring (bicyclic) bond motifs is 1. The Bertz CT molecular complexity index is 810. The van der Waals surface area contributed by atoms with Gasteiger partial charge < -0.3 is 9.73 Å². The van der Waals surface area contributed by atoms with E-state index in [0.29, 0.717) is 18.5 Å². The van der Waals surface area contributed by atoms with Gasteiger partial charge >= 0.3 is 0 Å². The van der Waals surface area contributed by atoms with Crippen molar-refractivity contribution in [3.05, 3.63) is 59.3 Å². The van der Waals surface area contributed by atoms with Gasteiger partial charge in [-0.3, -0.25) is 4.79 Å². The number of hydrogen-bond donors (Lipinski definition) is 1. The molecular formula is C17H17N3O2. The van der Waals surface area contributed by atoms with E-state index in [9.17, 15) is 4.79 Å². The maximum Gasteiger partial charge on any atom is 0.251 e. The van der Waals surface area contributed by atoms with Gasteiger partial charge in [0, 0.05) is 18.5 Å². The summed E-state index contributed by atoms with van der Waals surface area (Å²) in [5.41, 5.74) is 3.91. The number of aromatic nitrogens is 2. The summed E-state index contributed by atoms with van der Waals surface area (Å²) in [6.07, 6.45) is 2.30. The highest BCUT2D eigenvalue weighted by Gasteiger charge is 2.08. The van der Waals surface area contributed by atoms with Crippen LogP contribution in [0.1, 0.15) is 27.5 Å². The summed E-state index contributed by atoms with van der Waals surface area (Å²) >= 11 is 0. The van der Waals surface area contributed by atoms with E-state index < -0.39 is 0 Å². The monoisotopic (exact) mass is 295 g/mol. The van der Waals surface area contributed by atoms with Crippen LogP contribution in [0.25, 0.3) is 11.0 Å². The van der Waals surface area contributed by atoms with Crippen LogP contribution in [-0.4, -0.2) is 22.4 Å². The fourth-order valence-corrected chi connectivity index (χ4v) is 2.23. The maximum atomic E-state index is 12.2. The molecule has 0 aliphatic carbocycles. The fraction of sp³-hybridized carbons (Fsp3) is 0.235. The smallest absolute Gasteiger partial charge is 0.251 e. The SMILES string of the molecule is Cc1nc2ccc(C(=O)NCCc3ccco3)cc2nc1C. The van der Waals surface area contributed by atoms with E-state index in [1.54, 1.807) is 18.4 Å². The lowest BCUT2D eigenvalue weighted by atomic mass is 10.1. The largest absolute Gasteiger partial charge is 0.469 e. The zero-order valence-corrected chi connectivity index (χ0v) is 12.6. The Hall–Kier alpha value is -2.69. The van der Waals surface area contributed by atoms with Crippen LogP contribution < -0.4 is 5.32 Å². The Morgan fingerprint density at radius 2 is 1.91 bits per heavy atom. The van der Waals surface area contributed by atoms with Gasteiger partial charge in [-0.25, -0.2) is 9.97 Å². The first-order valence-corrected chi connectivity index (χ1v) is 7.19. The molecule has 2 heterocycles. The van der Waals surface area contributed by atoms with Gasteiger partial charge in [-0.05, 0) is 44.2 Å². The number of amides is 1. The van der Waals surface area contributed by atoms with Crippen molar-refractivity contribution in [2.45, 2.75) is 20.3 Å². The molecule has 0 spiro atoms. The third-order valence-corrected chi connectivity index (χ3v) is 3.57.